The van der Waals surface area contributed by atoms with Crippen LogP contribution in [0, 0.1) is 18.4 Å². The summed E-state index contributed by atoms with van der Waals surface area (Å²) >= 11 is 2.24. The van der Waals surface area contributed by atoms with Gasteiger partial charge >= 0.3 is 11.9 Å². The SMILES string of the molecule is CCOC(=O)c1sc(/N=C(/NC#N)SC)c(C(=O)OCC)c1C. The van der Waals surface area contributed by atoms with Crippen LogP contribution in [-0.4, -0.2) is 36.6 Å². The van der Waals surface area contributed by atoms with Gasteiger partial charge in [0, 0.05) is 0 Å². The van der Waals surface area contributed by atoms with Crippen LogP contribution >= 0.6 is 23.1 Å². The number of esters is 2. The van der Waals surface area contributed by atoms with Crippen LogP contribution in [0.25, 0.3) is 0 Å². The minimum absolute atomic E-state index is 0.206. The number of thioether (sulfide) groups is 1. The van der Waals surface area contributed by atoms with E-state index < -0.39 is 11.9 Å². The van der Waals surface area contributed by atoms with Gasteiger partial charge in [-0.3, -0.25) is 5.32 Å². The van der Waals surface area contributed by atoms with E-state index in [0.29, 0.717) is 20.6 Å². The Morgan fingerprint density at radius 2 is 1.91 bits per heavy atom. The Kier molecular flexibility index (Phi) is 7.57. The summed E-state index contributed by atoms with van der Waals surface area (Å²) in [7, 11) is 0. The summed E-state index contributed by atoms with van der Waals surface area (Å²) in [4.78, 5) is 28.7. The van der Waals surface area contributed by atoms with Crippen molar-refractivity contribution in [3.05, 3.63) is 16.0 Å². The molecule has 124 valence electrons. The average molecular weight is 355 g/mol. The van der Waals surface area contributed by atoms with Crippen LogP contribution in [-0.2, 0) is 9.47 Å². The molecule has 1 heterocycles. The van der Waals surface area contributed by atoms with Gasteiger partial charge in [-0.25, -0.2) is 14.6 Å². The summed E-state index contributed by atoms with van der Waals surface area (Å²) < 4.78 is 10.0. The number of carbonyl (C=O) groups is 2. The molecule has 0 saturated heterocycles. The second-order valence-electron chi connectivity index (χ2n) is 4.04. The number of amidine groups is 1. The van der Waals surface area contributed by atoms with Crippen LogP contribution in [0.2, 0.25) is 0 Å². The van der Waals surface area contributed by atoms with Crippen molar-refractivity contribution in [1.82, 2.24) is 5.32 Å². The number of ether oxygens (including phenoxy) is 2. The van der Waals surface area contributed by atoms with Gasteiger partial charge in [-0.15, -0.1) is 11.3 Å². The minimum Gasteiger partial charge on any atom is -0.462 e. The maximum absolute atomic E-state index is 12.2. The molecular weight excluding hydrogens is 338 g/mol. The molecule has 0 amide bonds. The van der Waals surface area contributed by atoms with Gasteiger partial charge in [-0.2, -0.15) is 5.26 Å². The Bertz CT molecular complexity index is 662. The van der Waals surface area contributed by atoms with Crippen LogP contribution in [0.3, 0.4) is 0 Å². The van der Waals surface area contributed by atoms with Crippen LogP contribution in [0.4, 0.5) is 5.00 Å². The van der Waals surface area contributed by atoms with E-state index in [4.69, 9.17) is 14.7 Å². The topological polar surface area (TPSA) is 101 Å². The van der Waals surface area contributed by atoms with Gasteiger partial charge in [0.05, 0.1) is 13.2 Å². The third-order valence-electron chi connectivity index (χ3n) is 2.63. The summed E-state index contributed by atoms with van der Waals surface area (Å²) in [5.41, 5.74) is 0.675. The zero-order valence-electron chi connectivity index (χ0n) is 13.3. The first-order valence-electron chi connectivity index (χ1n) is 6.75. The monoisotopic (exact) mass is 355 g/mol. The number of nitrogens with one attached hydrogen (secondary N) is 1. The number of thiophene rings is 1. The van der Waals surface area contributed by atoms with Gasteiger partial charge in [0.2, 0.25) is 0 Å². The fraction of sp³-hybridized carbons (Fsp3) is 0.429. The van der Waals surface area contributed by atoms with E-state index in [1.807, 2.05) is 0 Å². The third kappa shape index (κ3) is 4.71. The van der Waals surface area contributed by atoms with Crippen molar-refractivity contribution in [2.24, 2.45) is 4.99 Å². The van der Waals surface area contributed by atoms with Gasteiger partial charge in [0.1, 0.15) is 15.4 Å². The summed E-state index contributed by atoms with van der Waals surface area (Å²) in [6.45, 7) is 5.48. The molecule has 0 fully saturated rings. The predicted octanol–water partition coefficient (Wildman–Crippen LogP) is 2.83. The van der Waals surface area contributed by atoms with Crippen molar-refractivity contribution in [3.8, 4) is 6.19 Å². The number of nitriles is 1. The third-order valence-corrected chi connectivity index (χ3v) is 4.37. The fourth-order valence-corrected chi connectivity index (χ4v) is 3.13. The minimum atomic E-state index is -0.562. The van der Waals surface area contributed by atoms with Crippen LogP contribution in [0.1, 0.15) is 39.4 Å². The highest BCUT2D eigenvalue weighted by Gasteiger charge is 2.26. The van der Waals surface area contributed by atoms with E-state index in [2.05, 4.69) is 10.3 Å². The van der Waals surface area contributed by atoms with Crippen molar-refractivity contribution >= 4 is 45.2 Å². The van der Waals surface area contributed by atoms with E-state index in [1.54, 1.807) is 33.2 Å². The second-order valence-corrected chi connectivity index (χ2v) is 5.83. The van der Waals surface area contributed by atoms with Crippen LogP contribution in [0.5, 0.6) is 0 Å². The average Bonchev–Trinajstić information content (AvgIpc) is 2.83. The standard InChI is InChI=1S/C14H17N3O4S2/c1-5-20-12(18)9-8(3)10(13(19)21-6-2)23-11(9)17-14(22-4)16-7-15/h5-6H2,1-4H3,(H,16,17). The molecule has 0 bridgehead atoms. The first-order chi connectivity index (χ1) is 11.0. The molecule has 0 aliphatic carbocycles. The molecule has 7 nitrogen and oxygen atoms in total. The molecule has 0 aliphatic heterocycles. The zero-order valence-corrected chi connectivity index (χ0v) is 14.9. The number of nitrogens with zero attached hydrogens (tertiary/aromatic N) is 2. The van der Waals surface area contributed by atoms with Crippen molar-refractivity contribution in [1.29, 1.82) is 5.26 Å². The zero-order chi connectivity index (χ0) is 17.4. The molecule has 0 aromatic carbocycles. The fourth-order valence-electron chi connectivity index (χ4n) is 1.68. The highest BCUT2D eigenvalue weighted by molar-refractivity contribution is 8.13. The number of aliphatic imine (C=N–C) groups is 1. The van der Waals surface area contributed by atoms with Gasteiger partial charge in [0.25, 0.3) is 0 Å². The lowest BCUT2D eigenvalue weighted by Gasteiger charge is -2.04. The molecule has 1 aromatic rings. The molecule has 1 N–H and O–H groups in total. The normalized spacial score (nSPS) is 10.8. The second kappa shape index (κ2) is 9.17. The smallest absolute Gasteiger partial charge is 0.348 e. The van der Waals surface area contributed by atoms with E-state index in [1.165, 1.54) is 11.8 Å². The molecule has 9 heteroatoms. The van der Waals surface area contributed by atoms with Gasteiger partial charge in [0.15, 0.2) is 11.4 Å². The quantitative estimate of drug-likeness (QED) is 0.285. The lowest BCUT2D eigenvalue weighted by Crippen LogP contribution is -2.13. The molecule has 0 radical (unpaired) electrons. The Balaban J connectivity index is 3.42. The van der Waals surface area contributed by atoms with E-state index in [9.17, 15) is 9.59 Å². The van der Waals surface area contributed by atoms with Crippen LogP contribution < -0.4 is 5.32 Å². The number of hydrogen-bond donors (Lipinski definition) is 1. The maximum atomic E-state index is 12.2. The molecule has 0 spiro atoms. The molecule has 0 saturated carbocycles. The Hall–Kier alpha value is -2.05. The molecule has 1 rings (SSSR count). The summed E-state index contributed by atoms with van der Waals surface area (Å²) in [5.74, 6) is -1.08. The Morgan fingerprint density at radius 3 is 2.43 bits per heavy atom. The predicted molar refractivity (Wildman–Crippen MR) is 90.3 cm³/mol. The molecule has 0 atom stereocenters. The lowest BCUT2D eigenvalue weighted by atomic mass is 10.1. The Morgan fingerprint density at radius 1 is 1.30 bits per heavy atom. The van der Waals surface area contributed by atoms with Crippen LogP contribution in [0.15, 0.2) is 4.99 Å². The lowest BCUT2D eigenvalue weighted by molar-refractivity contribution is 0.0527. The summed E-state index contributed by atoms with van der Waals surface area (Å²) in [6.07, 6.45) is 3.51. The molecule has 0 unspecified atom stereocenters. The largest absolute Gasteiger partial charge is 0.462 e. The number of rotatable bonds is 5. The first kappa shape index (κ1) is 19.0. The van der Waals surface area contributed by atoms with Crippen molar-refractivity contribution < 1.29 is 19.1 Å². The van der Waals surface area contributed by atoms with Gasteiger partial charge in [-0.1, -0.05) is 11.8 Å². The van der Waals surface area contributed by atoms with E-state index in [0.717, 1.165) is 11.3 Å². The van der Waals surface area contributed by atoms with E-state index in [-0.39, 0.29) is 18.8 Å². The highest BCUT2D eigenvalue weighted by atomic mass is 32.2. The van der Waals surface area contributed by atoms with Crippen molar-refractivity contribution in [2.75, 3.05) is 19.5 Å². The van der Waals surface area contributed by atoms with Crippen molar-refractivity contribution in [2.45, 2.75) is 20.8 Å². The Labute approximate surface area is 142 Å². The van der Waals surface area contributed by atoms with Crippen molar-refractivity contribution in [3.63, 3.8) is 0 Å². The maximum Gasteiger partial charge on any atom is 0.348 e. The number of hydrogen-bond acceptors (Lipinski definition) is 8. The molecule has 1 aromatic heterocycles. The van der Waals surface area contributed by atoms with Gasteiger partial charge in [-0.05, 0) is 32.6 Å². The highest BCUT2D eigenvalue weighted by Crippen LogP contribution is 2.37. The first-order valence-corrected chi connectivity index (χ1v) is 8.79. The molecule has 23 heavy (non-hydrogen) atoms. The molecule has 0 aliphatic rings. The van der Waals surface area contributed by atoms with E-state index >= 15 is 0 Å². The van der Waals surface area contributed by atoms with Gasteiger partial charge < -0.3 is 9.47 Å². The molecular formula is C14H17N3O4S2. The summed E-state index contributed by atoms with van der Waals surface area (Å²) in [6, 6.07) is 0. The number of carbonyl (C=O) groups excluding carboxylic acids is 2. The summed E-state index contributed by atoms with van der Waals surface area (Å²) in [5, 5.41) is 11.7.